The van der Waals surface area contributed by atoms with Crippen LogP contribution in [0.4, 0.5) is 0 Å². The summed E-state index contributed by atoms with van der Waals surface area (Å²) in [5, 5.41) is 32.9. The molecule has 0 spiro atoms. The number of unbranched alkanes of at least 4 members (excludes halogenated alkanes) is 26. The molecule has 4 N–H and O–H groups in total. The molecule has 5 nitrogen and oxygen atoms in total. The molecule has 0 heterocycles. The number of amides is 1. The number of carbonyl (C=O) groups excluding carboxylic acids is 1. The second kappa shape index (κ2) is 35.7. The molecule has 0 aromatic carbocycles. The van der Waals surface area contributed by atoms with Crippen molar-refractivity contribution in [3.63, 3.8) is 0 Å². The molecule has 0 aromatic heterocycles. The Labute approximate surface area is 280 Å². The van der Waals surface area contributed by atoms with Gasteiger partial charge in [-0.05, 0) is 19.3 Å². The number of hydrogen-bond acceptors (Lipinski definition) is 4. The molecule has 0 saturated heterocycles. The maximum absolute atomic E-state index is 12.4. The Morgan fingerprint density at radius 1 is 0.556 bits per heavy atom. The quantitative estimate of drug-likeness (QED) is 0.0412. The van der Waals surface area contributed by atoms with Gasteiger partial charge in [-0.3, -0.25) is 4.79 Å². The van der Waals surface area contributed by atoms with Crippen molar-refractivity contribution in [1.29, 1.82) is 0 Å². The third-order valence-corrected chi connectivity index (χ3v) is 9.10. The lowest BCUT2D eigenvalue weighted by Crippen LogP contribution is -2.48. The van der Waals surface area contributed by atoms with Crippen LogP contribution in [0.15, 0.2) is 24.3 Å². The monoisotopic (exact) mass is 636 g/mol. The zero-order valence-corrected chi connectivity index (χ0v) is 30.0. The minimum atomic E-state index is -1.10. The third-order valence-electron chi connectivity index (χ3n) is 9.10. The molecule has 0 aliphatic heterocycles. The smallest absolute Gasteiger partial charge is 0.249 e. The Balaban J connectivity index is 3.68. The Morgan fingerprint density at radius 3 is 1.33 bits per heavy atom. The predicted octanol–water partition coefficient (Wildman–Crippen LogP) is 10.7. The maximum atomic E-state index is 12.4. The topological polar surface area (TPSA) is 89.8 Å². The first-order valence-corrected chi connectivity index (χ1v) is 19.7. The minimum absolute atomic E-state index is 0.384. The Kier molecular flexibility index (Phi) is 34.8. The molecule has 5 heteroatoms. The Hall–Kier alpha value is -1.17. The van der Waals surface area contributed by atoms with E-state index in [9.17, 15) is 20.1 Å². The Morgan fingerprint density at radius 2 is 0.933 bits per heavy atom. The molecule has 0 saturated carbocycles. The van der Waals surface area contributed by atoms with Crippen molar-refractivity contribution in [2.45, 2.75) is 218 Å². The van der Waals surface area contributed by atoms with Crippen LogP contribution in [0.3, 0.4) is 0 Å². The summed E-state index contributed by atoms with van der Waals surface area (Å²) in [7, 11) is 0. The highest BCUT2D eigenvalue weighted by Gasteiger charge is 2.22. The number of allylic oxidation sites excluding steroid dienone is 3. The summed E-state index contributed by atoms with van der Waals surface area (Å²) in [6.45, 7) is 4.13. The van der Waals surface area contributed by atoms with E-state index in [0.29, 0.717) is 6.42 Å². The van der Waals surface area contributed by atoms with Gasteiger partial charge in [-0.25, -0.2) is 0 Å². The number of nitrogens with one attached hydrogen (secondary N) is 1. The molecule has 266 valence electrons. The molecule has 1 unspecified atom stereocenters. The van der Waals surface area contributed by atoms with Crippen LogP contribution >= 0.6 is 0 Å². The fourth-order valence-electron chi connectivity index (χ4n) is 5.95. The summed E-state index contributed by atoms with van der Waals surface area (Å²) in [5.41, 5.74) is 0. The number of aliphatic hydroxyl groups is 3. The van der Waals surface area contributed by atoms with Crippen molar-refractivity contribution in [3.05, 3.63) is 24.3 Å². The zero-order valence-electron chi connectivity index (χ0n) is 30.0. The van der Waals surface area contributed by atoms with Crippen molar-refractivity contribution >= 4 is 5.91 Å². The first-order chi connectivity index (χ1) is 22.1. The Bertz CT molecular complexity index is 665. The maximum Gasteiger partial charge on any atom is 0.249 e. The molecule has 0 bridgehead atoms. The van der Waals surface area contributed by atoms with Gasteiger partial charge in [0.25, 0.3) is 0 Å². The predicted molar refractivity (Wildman–Crippen MR) is 195 cm³/mol. The van der Waals surface area contributed by atoms with Crippen LogP contribution in [0.2, 0.25) is 0 Å². The molecule has 45 heavy (non-hydrogen) atoms. The summed E-state index contributed by atoms with van der Waals surface area (Å²) in [6, 6.07) is -0.824. The first-order valence-electron chi connectivity index (χ1n) is 19.7. The number of hydrogen-bond donors (Lipinski definition) is 4. The van der Waals surface area contributed by atoms with Gasteiger partial charge in [0.2, 0.25) is 5.91 Å². The second-order valence-electron chi connectivity index (χ2n) is 13.5. The zero-order chi connectivity index (χ0) is 33.1. The van der Waals surface area contributed by atoms with Crippen LogP contribution in [0.25, 0.3) is 0 Å². The molecular weight excluding hydrogens is 558 g/mol. The molecule has 0 rings (SSSR count). The molecule has 0 fully saturated rings. The fourth-order valence-corrected chi connectivity index (χ4v) is 5.95. The van der Waals surface area contributed by atoms with E-state index in [1.54, 1.807) is 12.2 Å². The van der Waals surface area contributed by atoms with Crippen molar-refractivity contribution in [1.82, 2.24) is 5.32 Å². The summed E-state index contributed by atoms with van der Waals surface area (Å²) in [6.07, 6.45) is 42.1. The van der Waals surface area contributed by atoms with Gasteiger partial charge >= 0.3 is 0 Å². The van der Waals surface area contributed by atoms with E-state index >= 15 is 0 Å². The molecular formula is C40H77NO4. The van der Waals surface area contributed by atoms with E-state index in [0.717, 1.165) is 25.7 Å². The molecule has 0 aliphatic rings. The lowest BCUT2D eigenvalue weighted by atomic mass is 10.0. The highest BCUT2D eigenvalue weighted by Crippen LogP contribution is 2.15. The van der Waals surface area contributed by atoms with E-state index in [-0.39, 0.29) is 6.61 Å². The van der Waals surface area contributed by atoms with Gasteiger partial charge in [0.1, 0.15) is 6.10 Å². The van der Waals surface area contributed by atoms with E-state index in [2.05, 4.69) is 25.2 Å². The summed E-state index contributed by atoms with van der Waals surface area (Å²) in [4.78, 5) is 12.4. The standard InChI is InChI=1S/C40H77NO4/c1-3-5-7-9-11-13-15-16-17-18-19-20-21-22-23-25-27-29-31-33-35-39(44)40(45)41-37(36-42)38(43)34-32-30-28-26-24-14-12-10-8-6-4-2/h28,30,32,34,37-39,42-44H,3-27,29,31,33,35-36H2,1-2H3,(H,41,45)/b30-28+,34-32+/t37-,38+,39?/m0/s1. The number of rotatable bonds is 35. The molecule has 1 amide bonds. The average Bonchev–Trinajstić information content (AvgIpc) is 3.04. The van der Waals surface area contributed by atoms with Crippen LogP contribution in [0.5, 0.6) is 0 Å². The summed E-state index contributed by atoms with van der Waals surface area (Å²) >= 11 is 0. The van der Waals surface area contributed by atoms with E-state index in [4.69, 9.17) is 0 Å². The van der Waals surface area contributed by atoms with Crippen LogP contribution in [0, 0.1) is 0 Å². The van der Waals surface area contributed by atoms with Crippen LogP contribution < -0.4 is 5.32 Å². The average molecular weight is 636 g/mol. The van der Waals surface area contributed by atoms with Gasteiger partial charge in [0.15, 0.2) is 0 Å². The first kappa shape index (κ1) is 43.8. The van der Waals surface area contributed by atoms with Gasteiger partial charge < -0.3 is 20.6 Å². The van der Waals surface area contributed by atoms with E-state index in [1.165, 1.54) is 154 Å². The van der Waals surface area contributed by atoms with E-state index < -0.39 is 24.2 Å². The van der Waals surface area contributed by atoms with Crippen LogP contribution in [0.1, 0.15) is 200 Å². The van der Waals surface area contributed by atoms with Gasteiger partial charge in [0, 0.05) is 0 Å². The number of carbonyl (C=O) groups is 1. The molecule has 0 radical (unpaired) electrons. The van der Waals surface area contributed by atoms with Gasteiger partial charge in [-0.2, -0.15) is 0 Å². The molecule has 3 atom stereocenters. The van der Waals surface area contributed by atoms with Crippen molar-refractivity contribution in [2.75, 3.05) is 6.61 Å². The third kappa shape index (κ3) is 31.2. The molecule has 0 aliphatic carbocycles. The highest BCUT2D eigenvalue weighted by atomic mass is 16.3. The SMILES string of the molecule is CCCCCCCCC/C=C/C=C/[C@@H](O)[C@H](CO)NC(=O)C(O)CCCCCCCCCCCCCCCCCCCCCC. The lowest BCUT2D eigenvalue weighted by Gasteiger charge is -2.21. The van der Waals surface area contributed by atoms with Crippen LogP contribution in [-0.4, -0.2) is 46.1 Å². The van der Waals surface area contributed by atoms with Crippen molar-refractivity contribution in [2.24, 2.45) is 0 Å². The van der Waals surface area contributed by atoms with Gasteiger partial charge in [-0.15, -0.1) is 0 Å². The van der Waals surface area contributed by atoms with Crippen LogP contribution in [-0.2, 0) is 4.79 Å². The lowest BCUT2D eigenvalue weighted by molar-refractivity contribution is -0.131. The minimum Gasteiger partial charge on any atom is -0.394 e. The summed E-state index contributed by atoms with van der Waals surface area (Å²) < 4.78 is 0. The molecule has 0 aromatic rings. The number of aliphatic hydroxyl groups excluding tert-OH is 3. The van der Waals surface area contributed by atoms with Gasteiger partial charge in [0.05, 0.1) is 18.8 Å². The highest BCUT2D eigenvalue weighted by molar-refractivity contribution is 5.80. The normalized spacial score (nSPS) is 14.0. The van der Waals surface area contributed by atoms with Crippen molar-refractivity contribution in [3.8, 4) is 0 Å². The van der Waals surface area contributed by atoms with E-state index in [1.807, 2.05) is 6.08 Å². The largest absolute Gasteiger partial charge is 0.394 e. The second-order valence-corrected chi connectivity index (χ2v) is 13.5. The summed E-state index contributed by atoms with van der Waals surface area (Å²) in [5.74, 6) is -0.520. The fraction of sp³-hybridized carbons (Fsp3) is 0.875. The van der Waals surface area contributed by atoms with Crippen molar-refractivity contribution < 1.29 is 20.1 Å². The van der Waals surface area contributed by atoms with Gasteiger partial charge in [-0.1, -0.05) is 205 Å².